The maximum absolute atomic E-state index is 13.3. The first kappa shape index (κ1) is 19.3. The molecule has 0 bridgehead atoms. The monoisotopic (exact) mass is 350 g/mol. The molecule has 2 fully saturated rings. The van der Waals surface area contributed by atoms with Crippen LogP contribution in [-0.2, 0) is 10.2 Å². The number of carbonyl (C=O) groups excluding carboxylic acids is 1. The van der Waals surface area contributed by atoms with E-state index < -0.39 is 0 Å². The topological polar surface area (TPSA) is 41.1 Å². The summed E-state index contributed by atoms with van der Waals surface area (Å²) in [5, 5.41) is 6.86. The molecule has 1 saturated carbocycles. The minimum atomic E-state index is -0.307. The molecule has 1 aromatic carbocycles. The van der Waals surface area contributed by atoms with E-state index in [1.807, 2.05) is 0 Å². The zero-order chi connectivity index (χ0) is 16.3. The van der Waals surface area contributed by atoms with E-state index in [2.05, 4.69) is 48.7 Å². The Morgan fingerprint density at radius 2 is 2.00 bits per heavy atom. The van der Waals surface area contributed by atoms with Gasteiger partial charge in [-0.05, 0) is 51.6 Å². The van der Waals surface area contributed by atoms with Crippen LogP contribution in [0.25, 0.3) is 0 Å². The van der Waals surface area contributed by atoms with Gasteiger partial charge < -0.3 is 10.6 Å². The molecule has 24 heavy (non-hydrogen) atoms. The summed E-state index contributed by atoms with van der Waals surface area (Å²) in [6.45, 7) is 5.32. The van der Waals surface area contributed by atoms with Gasteiger partial charge in [-0.2, -0.15) is 0 Å². The lowest BCUT2D eigenvalue weighted by Crippen LogP contribution is -2.53. The van der Waals surface area contributed by atoms with Crippen molar-refractivity contribution in [2.24, 2.45) is 0 Å². The molecule has 1 amide bonds. The van der Waals surface area contributed by atoms with E-state index in [-0.39, 0.29) is 23.7 Å². The highest BCUT2D eigenvalue weighted by Crippen LogP contribution is 2.40. The van der Waals surface area contributed by atoms with Crippen molar-refractivity contribution in [1.29, 1.82) is 0 Å². The lowest BCUT2D eigenvalue weighted by atomic mass is 9.68. The van der Waals surface area contributed by atoms with Gasteiger partial charge in [-0.15, -0.1) is 12.4 Å². The summed E-state index contributed by atoms with van der Waals surface area (Å²) in [7, 11) is 0. The summed E-state index contributed by atoms with van der Waals surface area (Å²) in [5.74, 6) is 0.266. The maximum atomic E-state index is 13.3. The lowest BCUT2D eigenvalue weighted by Gasteiger charge is -2.39. The van der Waals surface area contributed by atoms with E-state index in [4.69, 9.17) is 0 Å². The first-order valence-electron chi connectivity index (χ1n) is 9.22. The van der Waals surface area contributed by atoms with Gasteiger partial charge in [-0.3, -0.25) is 4.79 Å². The second kappa shape index (κ2) is 8.35. The first-order valence-corrected chi connectivity index (χ1v) is 9.22. The van der Waals surface area contributed by atoms with Crippen molar-refractivity contribution < 1.29 is 4.79 Å². The Morgan fingerprint density at radius 3 is 2.67 bits per heavy atom. The van der Waals surface area contributed by atoms with Crippen molar-refractivity contribution in [3.8, 4) is 0 Å². The Kier molecular flexibility index (Phi) is 6.70. The Labute approximate surface area is 152 Å². The Hall–Kier alpha value is -1.06. The standard InChI is InChI=1S/C20H30N2O.ClH/c1-15-7-6-8-17(13-15)20(10-4-3-5-11-20)19(23)22-18-9-12-21-16(2)14-18;/h6-8,13,16,18,21H,3-5,9-12,14H2,1-2H3,(H,22,23);1H. The minimum absolute atomic E-state index is 0. The number of piperidine rings is 1. The molecule has 0 radical (unpaired) electrons. The fraction of sp³-hybridized carbons (Fsp3) is 0.650. The van der Waals surface area contributed by atoms with Gasteiger partial charge in [0.15, 0.2) is 0 Å². The number of halogens is 1. The zero-order valence-electron chi connectivity index (χ0n) is 14.9. The summed E-state index contributed by atoms with van der Waals surface area (Å²) in [6, 6.07) is 9.41. The van der Waals surface area contributed by atoms with Crippen LogP contribution in [0, 0.1) is 6.92 Å². The van der Waals surface area contributed by atoms with Crippen LogP contribution in [0.2, 0.25) is 0 Å². The zero-order valence-corrected chi connectivity index (χ0v) is 15.8. The number of benzene rings is 1. The van der Waals surface area contributed by atoms with Gasteiger partial charge in [0.1, 0.15) is 0 Å². The third kappa shape index (κ3) is 4.12. The summed E-state index contributed by atoms with van der Waals surface area (Å²) >= 11 is 0. The molecule has 134 valence electrons. The van der Waals surface area contributed by atoms with Crippen molar-refractivity contribution in [2.45, 2.75) is 76.3 Å². The van der Waals surface area contributed by atoms with Crippen LogP contribution in [-0.4, -0.2) is 24.5 Å². The van der Waals surface area contributed by atoms with Crippen molar-refractivity contribution in [1.82, 2.24) is 10.6 Å². The van der Waals surface area contributed by atoms with E-state index in [1.165, 1.54) is 17.5 Å². The van der Waals surface area contributed by atoms with Crippen LogP contribution in [0.3, 0.4) is 0 Å². The highest BCUT2D eigenvalue weighted by molar-refractivity contribution is 5.88. The summed E-state index contributed by atoms with van der Waals surface area (Å²) < 4.78 is 0. The van der Waals surface area contributed by atoms with E-state index in [0.717, 1.165) is 45.1 Å². The van der Waals surface area contributed by atoms with Gasteiger partial charge in [0, 0.05) is 12.1 Å². The van der Waals surface area contributed by atoms with Crippen LogP contribution in [0.5, 0.6) is 0 Å². The molecular formula is C20H31ClN2O. The summed E-state index contributed by atoms with van der Waals surface area (Å²) in [5.41, 5.74) is 2.16. The highest BCUT2D eigenvalue weighted by atomic mass is 35.5. The number of aryl methyl sites for hydroxylation is 1. The first-order chi connectivity index (χ1) is 11.1. The quantitative estimate of drug-likeness (QED) is 0.868. The molecule has 1 aliphatic carbocycles. The van der Waals surface area contributed by atoms with Crippen molar-refractivity contribution in [2.75, 3.05) is 6.54 Å². The second-order valence-corrected chi connectivity index (χ2v) is 7.56. The van der Waals surface area contributed by atoms with Crippen molar-refractivity contribution in [3.05, 3.63) is 35.4 Å². The third-order valence-electron chi connectivity index (χ3n) is 5.67. The molecule has 3 rings (SSSR count). The molecule has 4 heteroatoms. The van der Waals surface area contributed by atoms with E-state index in [0.29, 0.717) is 12.1 Å². The number of amides is 1. The van der Waals surface area contributed by atoms with Crippen molar-refractivity contribution in [3.63, 3.8) is 0 Å². The van der Waals surface area contributed by atoms with E-state index in [1.54, 1.807) is 0 Å². The third-order valence-corrected chi connectivity index (χ3v) is 5.67. The SMILES string of the molecule is Cc1cccc(C2(C(=O)NC3CCNC(C)C3)CCCCC2)c1.Cl. The van der Waals surface area contributed by atoms with E-state index >= 15 is 0 Å². The Morgan fingerprint density at radius 1 is 1.25 bits per heavy atom. The van der Waals surface area contributed by atoms with E-state index in [9.17, 15) is 4.79 Å². The predicted molar refractivity (Wildman–Crippen MR) is 102 cm³/mol. The number of hydrogen-bond donors (Lipinski definition) is 2. The van der Waals surface area contributed by atoms with Gasteiger partial charge >= 0.3 is 0 Å². The molecule has 1 aromatic rings. The smallest absolute Gasteiger partial charge is 0.230 e. The molecular weight excluding hydrogens is 320 g/mol. The second-order valence-electron chi connectivity index (χ2n) is 7.56. The largest absolute Gasteiger partial charge is 0.352 e. The molecule has 3 nitrogen and oxygen atoms in total. The van der Waals surface area contributed by atoms with Crippen LogP contribution in [0.4, 0.5) is 0 Å². The molecule has 1 saturated heterocycles. The molecule has 2 aliphatic rings. The molecule has 2 atom stereocenters. The number of hydrogen-bond acceptors (Lipinski definition) is 2. The number of nitrogens with one attached hydrogen (secondary N) is 2. The fourth-order valence-electron chi connectivity index (χ4n) is 4.33. The highest BCUT2D eigenvalue weighted by Gasteiger charge is 2.42. The number of carbonyl (C=O) groups is 1. The Bertz CT molecular complexity index is 554. The molecule has 2 unspecified atom stereocenters. The number of rotatable bonds is 3. The molecule has 2 N–H and O–H groups in total. The van der Waals surface area contributed by atoms with Gasteiger partial charge in [0.25, 0.3) is 0 Å². The average molecular weight is 351 g/mol. The fourth-order valence-corrected chi connectivity index (χ4v) is 4.33. The van der Waals surface area contributed by atoms with Crippen LogP contribution in [0.1, 0.15) is 63.0 Å². The van der Waals surface area contributed by atoms with Gasteiger partial charge in [-0.25, -0.2) is 0 Å². The lowest BCUT2D eigenvalue weighted by molar-refractivity contribution is -0.129. The molecule has 0 spiro atoms. The summed E-state index contributed by atoms with van der Waals surface area (Å²) in [6.07, 6.45) is 7.63. The van der Waals surface area contributed by atoms with Gasteiger partial charge in [-0.1, -0.05) is 49.1 Å². The summed E-state index contributed by atoms with van der Waals surface area (Å²) in [4.78, 5) is 13.3. The average Bonchev–Trinajstić information content (AvgIpc) is 2.55. The van der Waals surface area contributed by atoms with Crippen LogP contribution in [0.15, 0.2) is 24.3 Å². The minimum Gasteiger partial charge on any atom is -0.352 e. The normalized spacial score (nSPS) is 26.2. The molecule has 1 aliphatic heterocycles. The maximum Gasteiger partial charge on any atom is 0.230 e. The van der Waals surface area contributed by atoms with Crippen molar-refractivity contribution >= 4 is 18.3 Å². The molecule has 1 heterocycles. The van der Waals surface area contributed by atoms with Gasteiger partial charge in [0.05, 0.1) is 5.41 Å². The predicted octanol–water partition coefficient (Wildman–Crippen LogP) is 3.88. The van der Waals surface area contributed by atoms with Gasteiger partial charge in [0.2, 0.25) is 5.91 Å². The van der Waals surface area contributed by atoms with Crippen LogP contribution < -0.4 is 10.6 Å². The van der Waals surface area contributed by atoms with Crippen LogP contribution >= 0.6 is 12.4 Å². The Balaban J connectivity index is 0.00000208. The molecule has 0 aromatic heterocycles.